The molecule has 0 bridgehead atoms. The third kappa shape index (κ3) is 4.58. The molecule has 128 valence electrons. The highest BCUT2D eigenvalue weighted by molar-refractivity contribution is 9.10. The fraction of sp³-hybridized carbons (Fsp3) is 0.111. The fourth-order valence-electron chi connectivity index (χ4n) is 2.07. The molecule has 7 heteroatoms. The van der Waals surface area contributed by atoms with E-state index in [1.54, 1.807) is 13.2 Å². The van der Waals surface area contributed by atoms with Crippen LogP contribution in [0.15, 0.2) is 56.9 Å². The standard InChI is InChI=1S/C18H14BrNO4S/c1-22-15-6-5-13(19)9-12(15)4-7-17(21)23-10-14-11-24-18(20-14)16-3-2-8-25-16/h2-9,11H,10H2,1H3/b7-4+. The van der Waals surface area contributed by atoms with Crippen LogP contribution in [-0.2, 0) is 16.1 Å². The average molecular weight is 420 g/mol. The summed E-state index contributed by atoms with van der Waals surface area (Å²) in [4.78, 5) is 17.1. The zero-order valence-corrected chi connectivity index (χ0v) is 15.7. The molecule has 0 radical (unpaired) electrons. The number of esters is 1. The van der Waals surface area contributed by atoms with Crippen molar-refractivity contribution < 1.29 is 18.7 Å². The molecule has 3 aromatic rings. The Morgan fingerprint density at radius 2 is 2.28 bits per heavy atom. The van der Waals surface area contributed by atoms with Crippen molar-refractivity contribution in [2.75, 3.05) is 7.11 Å². The van der Waals surface area contributed by atoms with Crippen LogP contribution in [0.2, 0.25) is 0 Å². The van der Waals surface area contributed by atoms with E-state index in [-0.39, 0.29) is 6.61 Å². The molecular weight excluding hydrogens is 406 g/mol. The first-order chi connectivity index (χ1) is 12.2. The molecule has 0 saturated heterocycles. The molecule has 0 spiro atoms. The molecule has 0 aliphatic rings. The molecule has 0 amide bonds. The number of carbonyl (C=O) groups excluding carboxylic acids is 1. The van der Waals surface area contributed by atoms with Crippen LogP contribution in [0.4, 0.5) is 0 Å². The molecule has 2 heterocycles. The normalized spacial score (nSPS) is 11.0. The van der Waals surface area contributed by atoms with Crippen LogP contribution in [0, 0.1) is 0 Å². The van der Waals surface area contributed by atoms with Crippen LogP contribution in [0.1, 0.15) is 11.3 Å². The van der Waals surface area contributed by atoms with E-state index < -0.39 is 5.97 Å². The van der Waals surface area contributed by atoms with Crippen LogP contribution in [0.5, 0.6) is 5.75 Å². The number of hydrogen-bond donors (Lipinski definition) is 0. The van der Waals surface area contributed by atoms with E-state index in [0.29, 0.717) is 17.3 Å². The highest BCUT2D eigenvalue weighted by Crippen LogP contribution is 2.25. The molecule has 0 aliphatic heterocycles. The Morgan fingerprint density at radius 3 is 3.04 bits per heavy atom. The summed E-state index contributed by atoms with van der Waals surface area (Å²) >= 11 is 4.92. The Bertz CT molecular complexity index is 886. The quantitative estimate of drug-likeness (QED) is 0.418. The minimum Gasteiger partial charge on any atom is -0.496 e. The highest BCUT2D eigenvalue weighted by Gasteiger charge is 2.09. The molecule has 0 aliphatic carbocycles. The van der Waals surface area contributed by atoms with Gasteiger partial charge in [0.1, 0.15) is 24.3 Å². The van der Waals surface area contributed by atoms with Crippen molar-refractivity contribution in [3.05, 3.63) is 63.8 Å². The summed E-state index contributed by atoms with van der Waals surface area (Å²) in [5.74, 6) is 0.725. The zero-order chi connectivity index (χ0) is 17.6. The summed E-state index contributed by atoms with van der Waals surface area (Å²) in [7, 11) is 1.58. The van der Waals surface area contributed by atoms with Gasteiger partial charge in [0, 0.05) is 16.1 Å². The molecule has 0 fully saturated rings. The van der Waals surface area contributed by atoms with Crippen molar-refractivity contribution in [1.82, 2.24) is 4.98 Å². The third-order valence-electron chi connectivity index (χ3n) is 3.24. The maximum absolute atomic E-state index is 11.9. The van der Waals surface area contributed by atoms with E-state index in [1.807, 2.05) is 35.7 Å². The number of thiophene rings is 1. The molecule has 3 rings (SSSR count). The minimum absolute atomic E-state index is 0.0493. The first kappa shape index (κ1) is 17.4. The predicted octanol–water partition coefficient (Wildman–Crippen LogP) is 4.93. The van der Waals surface area contributed by atoms with Crippen molar-refractivity contribution in [2.45, 2.75) is 6.61 Å². The van der Waals surface area contributed by atoms with Gasteiger partial charge in [-0.15, -0.1) is 11.3 Å². The minimum atomic E-state index is -0.470. The molecule has 5 nitrogen and oxygen atoms in total. The second kappa shape index (κ2) is 8.13. The van der Waals surface area contributed by atoms with E-state index in [0.717, 1.165) is 14.9 Å². The van der Waals surface area contributed by atoms with Crippen LogP contribution >= 0.6 is 27.3 Å². The number of benzene rings is 1. The number of oxazole rings is 1. The SMILES string of the molecule is COc1ccc(Br)cc1/C=C/C(=O)OCc1coc(-c2cccs2)n1. The average Bonchev–Trinajstić information content (AvgIpc) is 3.29. The van der Waals surface area contributed by atoms with E-state index in [9.17, 15) is 4.79 Å². The second-order valence-corrected chi connectivity index (χ2v) is 6.81. The molecule has 0 N–H and O–H groups in total. The van der Waals surface area contributed by atoms with Gasteiger partial charge in [0.25, 0.3) is 0 Å². The van der Waals surface area contributed by atoms with Gasteiger partial charge >= 0.3 is 5.97 Å². The number of rotatable bonds is 6. The number of methoxy groups -OCH3 is 1. The Balaban J connectivity index is 1.59. The van der Waals surface area contributed by atoms with Crippen LogP contribution in [0.3, 0.4) is 0 Å². The first-order valence-corrected chi connectivity index (χ1v) is 8.99. The van der Waals surface area contributed by atoms with Gasteiger partial charge in [0.05, 0.1) is 12.0 Å². The van der Waals surface area contributed by atoms with Crippen LogP contribution in [-0.4, -0.2) is 18.1 Å². The Labute approximate surface area is 157 Å². The number of hydrogen-bond acceptors (Lipinski definition) is 6. The Morgan fingerprint density at radius 1 is 1.40 bits per heavy atom. The predicted molar refractivity (Wildman–Crippen MR) is 99.3 cm³/mol. The van der Waals surface area contributed by atoms with E-state index >= 15 is 0 Å². The summed E-state index contributed by atoms with van der Waals surface area (Å²) in [6.07, 6.45) is 4.49. The summed E-state index contributed by atoms with van der Waals surface area (Å²) in [5.41, 5.74) is 1.33. The lowest BCUT2D eigenvalue weighted by atomic mass is 10.2. The fourth-order valence-corrected chi connectivity index (χ4v) is 3.11. The van der Waals surface area contributed by atoms with Gasteiger partial charge in [0.15, 0.2) is 0 Å². The van der Waals surface area contributed by atoms with E-state index in [1.165, 1.54) is 23.7 Å². The molecule has 0 saturated carbocycles. The molecule has 1 aromatic carbocycles. The van der Waals surface area contributed by atoms with E-state index in [2.05, 4.69) is 20.9 Å². The second-order valence-electron chi connectivity index (χ2n) is 4.95. The van der Waals surface area contributed by atoms with Crippen molar-refractivity contribution in [3.8, 4) is 16.5 Å². The first-order valence-electron chi connectivity index (χ1n) is 7.32. The Kier molecular flexibility index (Phi) is 5.67. The largest absolute Gasteiger partial charge is 0.496 e. The molecule has 25 heavy (non-hydrogen) atoms. The number of ether oxygens (including phenoxy) is 2. The van der Waals surface area contributed by atoms with Gasteiger partial charge in [-0.3, -0.25) is 0 Å². The van der Waals surface area contributed by atoms with Crippen molar-refractivity contribution in [3.63, 3.8) is 0 Å². The monoisotopic (exact) mass is 419 g/mol. The molecule has 2 aromatic heterocycles. The number of carbonyl (C=O) groups is 1. The van der Waals surface area contributed by atoms with Gasteiger partial charge in [-0.25, -0.2) is 9.78 Å². The maximum atomic E-state index is 11.9. The summed E-state index contributed by atoms with van der Waals surface area (Å²) in [5, 5.41) is 1.94. The lowest BCUT2D eigenvalue weighted by Crippen LogP contribution is -2.01. The third-order valence-corrected chi connectivity index (χ3v) is 4.59. The smallest absolute Gasteiger partial charge is 0.331 e. The summed E-state index contributed by atoms with van der Waals surface area (Å²) < 4.78 is 16.7. The van der Waals surface area contributed by atoms with Gasteiger partial charge in [0.2, 0.25) is 5.89 Å². The zero-order valence-electron chi connectivity index (χ0n) is 13.3. The van der Waals surface area contributed by atoms with Gasteiger partial charge in [-0.1, -0.05) is 22.0 Å². The number of aromatic nitrogens is 1. The summed E-state index contributed by atoms with van der Waals surface area (Å²) in [6.45, 7) is 0.0493. The van der Waals surface area contributed by atoms with Crippen LogP contribution in [0.25, 0.3) is 16.8 Å². The van der Waals surface area contributed by atoms with Gasteiger partial charge in [-0.2, -0.15) is 0 Å². The lowest BCUT2D eigenvalue weighted by Gasteiger charge is -2.04. The van der Waals surface area contributed by atoms with Crippen molar-refractivity contribution in [2.24, 2.45) is 0 Å². The lowest BCUT2D eigenvalue weighted by molar-refractivity contribution is -0.139. The highest BCUT2D eigenvalue weighted by atomic mass is 79.9. The molecule has 0 unspecified atom stereocenters. The Hall–Kier alpha value is -2.38. The molecular formula is C18H14BrNO4S. The van der Waals surface area contributed by atoms with Gasteiger partial charge < -0.3 is 13.9 Å². The molecule has 0 atom stereocenters. The summed E-state index contributed by atoms with van der Waals surface area (Å²) in [6, 6.07) is 9.37. The van der Waals surface area contributed by atoms with Gasteiger partial charge in [-0.05, 0) is 35.7 Å². The maximum Gasteiger partial charge on any atom is 0.331 e. The van der Waals surface area contributed by atoms with Crippen LogP contribution < -0.4 is 4.74 Å². The van der Waals surface area contributed by atoms with Crippen molar-refractivity contribution >= 4 is 39.3 Å². The van der Waals surface area contributed by atoms with E-state index in [4.69, 9.17) is 13.9 Å². The van der Waals surface area contributed by atoms with Crippen molar-refractivity contribution in [1.29, 1.82) is 0 Å². The number of nitrogens with zero attached hydrogens (tertiary/aromatic N) is 1. The topological polar surface area (TPSA) is 61.6 Å². The number of halogens is 1.